The lowest BCUT2D eigenvalue weighted by Gasteiger charge is -2.31. The van der Waals surface area contributed by atoms with Crippen LogP contribution in [0.15, 0.2) is 24.3 Å². The van der Waals surface area contributed by atoms with Crippen molar-refractivity contribution in [1.29, 1.82) is 0 Å². The van der Waals surface area contributed by atoms with E-state index in [2.05, 4.69) is 20.7 Å². The molecule has 8 heteroatoms. The first-order chi connectivity index (χ1) is 12.2. The maximum atomic E-state index is 12.4. The van der Waals surface area contributed by atoms with Crippen LogP contribution in [-0.4, -0.2) is 57.7 Å². The van der Waals surface area contributed by atoms with Gasteiger partial charge < -0.3 is 10.2 Å². The van der Waals surface area contributed by atoms with Gasteiger partial charge in [0.15, 0.2) is 0 Å². The van der Waals surface area contributed by atoms with E-state index in [0.29, 0.717) is 16.8 Å². The lowest BCUT2D eigenvalue weighted by molar-refractivity contribution is -0.133. The molecule has 1 aliphatic rings. The molecular weight excluding hydrogens is 340 g/mol. The van der Waals surface area contributed by atoms with Crippen LogP contribution >= 0.6 is 11.6 Å². The van der Waals surface area contributed by atoms with Gasteiger partial charge in [-0.25, -0.2) is 0 Å². The molecule has 2 heterocycles. The molecular formula is C17H23ClN6O. The summed E-state index contributed by atoms with van der Waals surface area (Å²) < 4.78 is 0. The van der Waals surface area contributed by atoms with Gasteiger partial charge in [0.2, 0.25) is 11.7 Å². The van der Waals surface area contributed by atoms with Crippen LogP contribution in [0.5, 0.6) is 0 Å². The molecule has 1 aliphatic heterocycles. The summed E-state index contributed by atoms with van der Waals surface area (Å²) in [5.74, 6) is 1.25. The molecule has 0 bridgehead atoms. The molecule has 0 spiro atoms. The third-order valence-corrected chi connectivity index (χ3v) is 4.85. The van der Waals surface area contributed by atoms with E-state index in [0.717, 1.165) is 38.0 Å². The quantitative estimate of drug-likeness (QED) is 0.848. The maximum absolute atomic E-state index is 12.4. The second-order valence-electron chi connectivity index (χ2n) is 6.37. The molecule has 1 aromatic carbocycles. The van der Waals surface area contributed by atoms with Crippen molar-refractivity contribution < 1.29 is 4.79 Å². The number of piperidine rings is 1. The Balaban J connectivity index is 1.53. The number of aromatic nitrogens is 4. The number of amides is 1. The molecule has 0 atom stereocenters. The molecule has 7 nitrogen and oxygen atoms in total. The maximum Gasteiger partial charge on any atom is 0.246 e. The van der Waals surface area contributed by atoms with Gasteiger partial charge in [-0.15, -0.1) is 10.2 Å². The molecule has 0 radical (unpaired) electrons. The minimum atomic E-state index is 0.0483. The Kier molecular flexibility index (Phi) is 5.99. The predicted octanol–water partition coefficient (Wildman–Crippen LogP) is 1.84. The van der Waals surface area contributed by atoms with E-state index in [1.165, 1.54) is 11.2 Å². The molecule has 1 fully saturated rings. The van der Waals surface area contributed by atoms with E-state index < -0.39 is 0 Å². The summed E-state index contributed by atoms with van der Waals surface area (Å²) in [4.78, 5) is 15.7. The van der Waals surface area contributed by atoms with Crippen molar-refractivity contribution in [1.82, 2.24) is 30.4 Å². The van der Waals surface area contributed by atoms with Crippen LogP contribution in [0.25, 0.3) is 11.4 Å². The first-order valence-electron chi connectivity index (χ1n) is 8.62. The summed E-state index contributed by atoms with van der Waals surface area (Å²) in [6.07, 6.45) is 3.30. The largest absolute Gasteiger partial charge is 0.341 e. The zero-order chi connectivity index (χ0) is 17.6. The highest BCUT2D eigenvalue weighted by atomic mass is 35.5. The van der Waals surface area contributed by atoms with Crippen molar-refractivity contribution >= 4 is 17.5 Å². The Morgan fingerprint density at radius 2 is 2.00 bits per heavy atom. The van der Waals surface area contributed by atoms with Crippen LogP contribution in [0.2, 0.25) is 5.02 Å². The average molecular weight is 363 g/mol. The zero-order valence-corrected chi connectivity index (χ0v) is 15.1. The van der Waals surface area contributed by atoms with E-state index in [1.54, 1.807) is 12.1 Å². The summed E-state index contributed by atoms with van der Waals surface area (Å²) >= 11 is 5.88. The van der Waals surface area contributed by atoms with Crippen molar-refractivity contribution in [2.45, 2.75) is 25.8 Å². The number of hydrogen-bond acceptors (Lipinski definition) is 5. The number of likely N-dealkylation sites (tertiary alicyclic amines) is 1. The number of halogens is 1. The van der Waals surface area contributed by atoms with Crippen LogP contribution < -0.4 is 5.32 Å². The molecule has 1 aromatic heterocycles. The molecule has 25 heavy (non-hydrogen) atoms. The summed E-state index contributed by atoms with van der Waals surface area (Å²) in [7, 11) is 1.97. The van der Waals surface area contributed by atoms with Crippen LogP contribution in [-0.2, 0) is 11.3 Å². The number of nitrogens with one attached hydrogen (secondary N) is 1. The molecule has 2 aromatic rings. The van der Waals surface area contributed by atoms with Gasteiger partial charge in [0.25, 0.3) is 0 Å². The lowest BCUT2D eigenvalue weighted by Crippen LogP contribution is -2.40. The second kappa shape index (κ2) is 8.40. The first-order valence-corrected chi connectivity index (χ1v) is 8.99. The highest BCUT2D eigenvalue weighted by Crippen LogP contribution is 2.20. The van der Waals surface area contributed by atoms with Crippen molar-refractivity contribution in [3.8, 4) is 11.4 Å². The van der Waals surface area contributed by atoms with Crippen LogP contribution in [0.4, 0.5) is 0 Å². The van der Waals surface area contributed by atoms with Gasteiger partial charge in [-0.2, -0.15) is 4.80 Å². The fraction of sp³-hybridized carbons (Fsp3) is 0.529. The standard InChI is InChI=1S/C17H23ClN6O/c1-19-9-6-13-7-10-23(11-8-13)16(25)12-24-21-17(20-22-24)14-2-4-15(18)5-3-14/h2-5,13,19H,6-12H2,1H3. The van der Waals surface area contributed by atoms with E-state index >= 15 is 0 Å². The van der Waals surface area contributed by atoms with E-state index in [9.17, 15) is 4.79 Å². The van der Waals surface area contributed by atoms with Gasteiger partial charge in [0.1, 0.15) is 6.54 Å². The minimum Gasteiger partial charge on any atom is -0.341 e. The fourth-order valence-corrected chi connectivity index (χ4v) is 3.19. The number of nitrogens with zero attached hydrogens (tertiary/aromatic N) is 5. The lowest BCUT2D eigenvalue weighted by atomic mass is 9.93. The van der Waals surface area contributed by atoms with Crippen LogP contribution in [0, 0.1) is 5.92 Å². The molecule has 3 rings (SSSR count). The topological polar surface area (TPSA) is 75.9 Å². The van der Waals surface area contributed by atoms with Gasteiger partial charge in [-0.1, -0.05) is 11.6 Å². The number of carbonyl (C=O) groups is 1. The Morgan fingerprint density at radius 3 is 2.68 bits per heavy atom. The highest BCUT2D eigenvalue weighted by Gasteiger charge is 2.23. The van der Waals surface area contributed by atoms with Crippen molar-refractivity contribution in [2.75, 3.05) is 26.7 Å². The van der Waals surface area contributed by atoms with Crippen molar-refractivity contribution in [2.24, 2.45) is 5.92 Å². The molecule has 1 N–H and O–H groups in total. The average Bonchev–Trinajstić information content (AvgIpc) is 3.09. The minimum absolute atomic E-state index is 0.0483. The van der Waals surface area contributed by atoms with Gasteiger partial charge in [-0.05, 0) is 68.3 Å². The van der Waals surface area contributed by atoms with Crippen molar-refractivity contribution in [3.63, 3.8) is 0 Å². The van der Waals surface area contributed by atoms with E-state index in [1.807, 2.05) is 24.1 Å². The molecule has 0 saturated carbocycles. The summed E-state index contributed by atoms with van der Waals surface area (Å²) in [6.45, 7) is 2.79. The van der Waals surface area contributed by atoms with E-state index in [-0.39, 0.29) is 12.5 Å². The Hall–Kier alpha value is -1.99. The smallest absolute Gasteiger partial charge is 0.246 e. The molecule has 1 saturated heterocycles. The molecule has 0 unspecified atom stereocenters. The second-order valence-corrected chi connectivity index (χ2v) is 6.80. The fourth-order valence-electron chi connectivity index (χ4n) is 3.07. The number of hydrogen-bond donors (Lipinski definition) is 1. The number of rotatable bonds is 6. The Morgan fingerprint density at radius 1 is 1.28 bits per heavy atom. The predicted molar refractivity (Wildman–Crippen MR) is 96.1 cm³/mol. The summed E-state index contributed by atoms with van der Waals surface area (Å²) in [5, 5.41) is 16.2. The molecule has 134 valence electrons. The Bertz CT molecular complexity index is 693. The van der Waals surface area contributed by atoms with Crippen LogP contribution in [0.3, 0.4) is 0 Å². The van der Waals surface area contributed by atoms with Gasteiger partial charge in [0.05, 0.1) is 0 Å². The number of tetrazole rings is 1. The third-order valence-electron chi connectivity index (χ3n) is 4.60. The van der Waals surface area contributed by atoms with Gasteiger partial charge >= 0.3 is 0 Å². The summed E-state index contributed by atoms with van der Waals surface area (Å²) in [5.41, 5.74) is 0.827. The molecule has 1 amide bonds. The highest BCUT2D eigenvalue weighted by molar-refractivity contribution is 6.30. The summed E-state index contributed by atoms with van der Waals surface area (Å²) in [6, 6.07) is 7.23. The van der Waals surface area contributed by atoms with Gasteiger partial charge in [-0.3, -0.25) is 4.79 Å². The Labute approximate surface area is 152 Å². The SMILES string of the molecule is CNCCC1CCN(C(=O)Cn2nnc(-c3ccc(Cl)cc3)n2)CC1. The third kappa shape index (κ3) is 4.76. The zero-order valence-electron chi connectivity index (χ0n) is 14.4. The van der Waals surface area contributed by atoms with Crippen LogP contribution in [0.1, 0.15) is 19.3 Å². The van der Waals surface area contributed by atoms with Gasteiger partial charge in [0, 0.05) is 23.7 Å². The number of benzene rings is 1. The molecule has 0 aliphatic carbocycles. The first kappa shape index (κ1) is 17.8. The van der Waals surface area contributed by atoms with E-state index in [4.69, 9.17) is 11.6 Å². The monoisotopic (exact) mass is 362 g/mol. The number of carbonyl (C=O) groups excluding carboxylic acids is 1. The normalized spacial score (nSPS) is 15.5. The van der Waals surface area contributed by atoms with Crippen molar-refractivity contribution in [3.05, 3.63) is 29.3 Å².